The van der Waals surface area contributed by atoms with Crippen LogP contribution in [0.4, 0.5) is 0 Å². The number of carbonyl (C=O) groups is 3. The van der Waals surface area contributed by atoms with Crippen LogP contribution < -0.4 is 10.6 Å². The van der Waals surface area contributed by atoms with Gasteiger partial charge in [-0.3, -0.25) is 14.4 Å². The summed E-state index contributed by atoms with van der Waals surface area (Å²) >= 11 is 5.87. The predicted molar refractivity (Wildman–Crippen MR) is 112 cm³/mol. The zero-order valence-corrected chi connectivity index (χ0v) is 16.9. The van der Waals surface area contributed by atoms with E-state index in [0.717, 1.165) is 24.0 Å². The van der Waals surface area contributed by atoms with Crippen molar-refractivity contribution in [1.29, 1.82) is 0 Å². The molecule has 0 atom stereocenters. The average molecular weight is 414 g/mol. The van der Waals surface area contributed by atoms with Crippen LogP contribution in [0.25, 0.3) is 0 Å². The lowest BCUT2D eigenvalue weighted by Crippen LogP contribution is -2.49. The number of carbonyl (C=O) groups excluding carboxylic acids is 3. The molecule has 1 saturated heterocycles. The summed E-state index contributed by atoms with van der Waals surface area (Å²) in [5.41, 5.74) is 2.62. The van der Waals surface area contributed by atoms with Crippen LogP contribution >= 0.6 is 11.6 Å². The Morgan fingerprint density at radius 2 is 1.72 bits per heavy atom. The highest BCUT2D eigenvalue weighted by atomic mass is 35.5. The molecule has 0 saturated carbocycles. The van der Waals surface area contributed by atoms with Crippen molar-refractivity contribution < 1.29 is 14.4 Å². The summed E-state index contributed by atoms with van der Waals surface area (Å²) in [6.07, 6.45) is 2.05. The van der Waals surface area contributed by atoms with E-state index in [1.807, 2.05) is 36.4 Å². The molecule has 29 heavy (non-hydrogen) atoms. The van der Waals surface area contributed by atoms with Gasteiger partial charge in [-0.1, -0.05) is 35.9 Å². The minimum atomic E-state index is -0.155. The van der Waals surface area contributed by atoms with Gasteiger partial charge in [0.15, 0.2) is 0 Å². The maximum absolute atomic E-state index is 12.4. The lowest BCUT2D eigenvalue weighted by atomic mass is 10.1. The number of hydrogen-bond donors (Lipinski definition) is 2. The van der Waals surface area contributed by atoms with E-state index in [1.165, 1.54) is 4.90 Å². The van der Waals surface area contributed by atoms with Crippen LogP contribution in [0.15, 0.2) is 48.5 Å². The van der Waals surface area contributed by atoms with Crippen LogP contribution in [0.2, 0.25) is 5.02 Å². The van der Waals surface area contributed by atoms with Crippen molar-refractivity contribution in [3.05, 3.63) is 70.2 Å². The van der Waals surface area contributed by atoms with Crippen LogP contribution in [-0.4, -0.2) is 42.3 Å². The molecule has 0 bridgehead atoms. The van der Waals surface area contributed by atoms with Crippen molar-refractivity contribution in [2.75, 3.05) is 19.6 Å². The highest BCUT2D eigenvalue weighted by molar-refractivity contribution is 6.30. The van der Waals surface area contributed by atoms with Crippen molar-refractivity contribution in [3.63, 3.8) is 0 Å². The van der Waals surface area contributed by atoms with Gasteiger partial charge in [-0.15, -0.1) is 0 Å². The Morgan fingerprint density at radius 3 is 2.41 bits per heavy atom. The van der Waals surface area contributed by atoms with Gasteiger partial charge in [0.05, 0.1) is 6.54 Å². The maximum Gasteiger partial charge on any atom is 0.254 e. The molecule has 0 aliphatic carbocycles. The molecular formula is C22H24ClN3O3. The first kappa shape index (κ1) is 20.9. The van der Waals surface area contributed by atoms with Crippen molar-refractivity contribution in [1.82, 2.24) is 15.5 Å². The minimum Gasteiger partial charge on any atom is -0.353 e. The summed E-state index contributed by atoms with van der Waals surface area (Å²) in [5, 5.41) is 6.32. The first-order valence-electron chi connectivity index (χ1n) is 9.67. The summed E-state index contributed by atoms with van der Waals surface area (Å²) < 4.78 is 0. The molecule has 0 unspecified atom stereocenters. The molecule has 0 radical (unpaired) electrons. The van der Waals surface area contributed by atoms with Gasteiger partial charge in [0.2, 0.25) is 11.8 Å². The number of nitrogens with zero attached hydrogens (tertiary/aromatic N) is 1. The van der Waals surface area contributed by atoms with Crippen LogP contribution in [0, 0.1) is 0 Å². The molecule has 0 aromatic heterocycles. The quantitative estimate of drug-likeness (QED) is 0.732. The summed E-state index contributed by atoms with van der Waals surface area (Å²) in [4.78, 5) is 37.5. The van der Waals surface area contributed by atoms with Gasteiger partial charge in [-0.25, -0.2) is 0 Å². The first-order chi connectivity index (χ1) is 14.0. The molecule has 152 valence electrons. The van der Waals surface area contributed by atoms with Gasteiger partial charge in [0.1, 0.15) is 0 Å². The molecule has 1 fully saturated rings. The van der Waals surface area contributed by atoms with Gasteiger partial charge in [-0.05, 0) is 48.2 Å². The molecule has 7 heteroatoms. The number of aryl methyl sites for hydroxylation is 1. The predicted octanol–water partition coefficient (Wildman–Crippen LogP) is 2.55. The van der Waals surface area contributed by atoms with Crippen LogP contribution in [0.1, 0.15) is 34.3 Å². The monoisotopic (exact) mass is 413 g/mol. The highest BCUT2D eigenvalue weighted by Gasteiger charge is 2.22. The highest BCUT2D eigenvalue weighted by Crippen LogP contribution is 2.12. The number of piperazine rings is 1. The lowest BCUT2D eigenvalue weighted by Gasteiger charge is -2.26. The Kier molecular flexibility index (Phi) is 7.25. The van der Waals surface area contributed by atoms with E-state index in [9.17, 15) is 14.4 Å². The second-order valence-corrected chi connectivity index (χ2v) is 7.47. The van der Waals surface area contributed by atoms with Gasteiger partial charge in [0.25, 0.3) is 5.91 Å². The SMILES string of the molecule is O=C(CCCc1ccc(Cl)cc1)NCc1ccc(C(=O)N2CCNC(=O)C2)cc1. The fraction of sp³-hybridized carbons (Fsp3) is 0.318. The van der Waals surface area contributed by atoms with Gasteiger partial charge in [-0.2, -0.15) is 0 Å². The smallest absolute Gasteiger partial charge is 0.254 e. The second-order valence-electron chi connectivity index (χ2n) is 7.03. The Hall–Kier alpha value is -2.86. The standard InChI is InChI=1S/C22H24ClN3O3/c23-19-10-6-16(7-11-19)2-1-3-20(27)25-14-17-4-8-18(9-5-17)22(29)26-13-12-24-21(28)15-26/h4-11H,1-3,12-15H2,(H,24,28)(H,25,27). The summed E-state index contributed by atoms with van der Waals surface area (Å²) in [5.74, 6) is -0.295. The maximum atomic E-state index is 12.4. The van der Waals surface area contributed by atoms with E-state index >= 15 is 0 Å². The lowest BCUT2D eigenvalue weighted by molar-refractivity contribution is -0.123. The van der Waals surface area contributed by atoms with Gasteiger partial charge >= 0.3 is 0 Å². The van der Waals surface area contributed by atoms with E-state index < -0.39 is 0 Å². The van der Waals surface area contributed by atoms with E-state index in [-0.39, 0.29) is 24.3 Å². The molecule has 3 amide bonds. The van der Waals surface area contributed by atoms with Gasteiger partial charge in [0, 0.05) is 36.6 Å². The van der Waals surface area contributed by atoms with Crippen molar-refractivity contribution >= 4 is 29.3 Å². The molecule has 0 spiro atoms. The summed E-state index contributed by atoms with van der Waals surface area (Å²) in [6, 6.07) is 14.8. The molecule has 2 aromatic carbocycles. The third-order valence-corrected chi connectivity index (χ3v) is 5.05. The molecule has 1 aliphatic heterocycles. The topological polar surface area (TPSA) is 78.5 Å². The Balaban J connectivity index is 1.41. The fourth-order valence-corrected chi connectivity index (χ4v) is 3.28. The van der Waals surface area contributed by atoms with Crippen molar-refractivity contribution in [2.24, 2.45) is 0 Å². The molecule has 2 aromatic rings. The molecule has 6 nitrogen and oxygen atoms in total. The van der Waals surface area contributed by atoms with E-state index in [2.05, 4.69) is 10.6 Å². The molecule has 2 N–H and O–H groups in total. The largest absolute Gasteiger partial charge is 0.353 e. The number of halogens is 1. The Labute approximate surface area is 175 Å². The number of hydrogen-bond acceptors (Lipinski definition) is 3. The third kappa shape index (κ3) is 6.32. The first-order valence-corrected chi connectivity index (χ1v) is 10.0. The number of amides is 3. The van der Waals surface area contributed by atoms with Crippen LogP contribution in [0.5, 0.6) is 0 Å². The summed E-state index contributed by atoms with van der Waals surface area (Å²) in [7, 11) is 0. The average Bonchev–Trinajstić information content (AvgIpc) is 2.73. The van der Waals surface area contributed by atoms with E-state index in [4.69, 9.17) is 11.6 Å². The second kappa shape index (κ2) is 10.1. The van der Waals surface area contributed by atoms with Gasteiger partial charge < -0.3 is 15.5 Å². The summed E-state index contributed by atoms with van der Waals surface area (Å²) in [6.45, 7) is 1.50. The molecule has 1 heterocycles. The van der Waals surface area contributed by atoms with Crippen LogP contribution in [0.3, 0.4) is 0 Å². The minimum absolute atomic E-state index is 0.00144. The van der Waals surface area contributed by atoms with Crippen molar-refractivity contribution in [2.45, 2.75) is 25.8 Å². The molecule has 1 aliphatic rings. The Bertz CT molecular complexity index is 866. The Morgan fingerprint density at radius 1 is 1.03 bits per heavy atom. The number of nitrogens with one attached hydrogen (secondary N) is 2. The van der Waals surface area contributed by atoms with Crippen LogP contribution in [-0.2, 0) is 22.6 Å². The fourth-order valence-electron chi connectivity index (χ4n) is 3.15. The normalized spacial score (nSPS) is 13.7. The zero-order chi connectivity index (χ0) is 20.6. The van der Waals surface area contributed by atoms with E-state index in [0.29, 0.717) is 36.6 Å². The molecular weight excluding hydrogens is 390 g/mol. The number of rotatable bonds is 7. The third-order valence-electron chi connectivity index (χ3n) is 4.80. The zero-order valence-electron chi connectivity index (χ0n) is 16.1. The number of benzene rings is 2. The molecule has 3 rings (SSSR count). The van der Waals surface area contributed by atoms with Crippen molar-refractivity contribution in [3.8, 4) is 0 Å². The van der Waals surface area contributed by atoms with E-state index in [1.54, 1.807) is 12.1 Å².